The van der Waals surface area contributed by atoms with Crippen LogP contribution in [0.1, 0.15) is 30.6 Å². The van der Waals surface area contributed by atoms with Crippen LogP contribution in [0, 0.1) is 5.92 Å². The molecule has 1 aromatic carbocycles. The van der Waals surface area contributed by atoms with E-state index in [1.165, 1.54) is 0 Å². The molecule has 0 saturated carbocycles. The van der Waals surface area contributed by atoms with Gasteiger partial charge in [-0.05, 0) is 36.6 Å². The quantitative estimate of drug-likeness (QED) is 0.839. The van der Waals surface area contributed by atoms with Crippen LogP contribution in [-0.2, 0) is 4.74 Å². The first kappa shape index (κ1) is 17.4. The van der Waals surface area contributed by atoms with Crippen LogP contribution in [0.4, 0.5) is 0 Å². The Hall–Kier alpha value is -0.910. The van der Waals surface area contributed by atoms with E-state index >= 15 is 0 Å². The minimum Gasteiger partial charge on any atom is -0.379 e. The van der Waals surface area contributed by atoms with Gasteiger partial charge in [-0.3, -0.25) is 9.69 Å². The lowest BCUT2D eigenvalue weighted by Gasteiger charge is -2.35. The number of nitrogens with zero attached hydrogens (tertiary/aromatic N) is 1. The Balaban J connectivity index is 1.91. The molecule has 1 aliphatic rings. The minimum absolute atomic E-state index is 0.00508. The van der Waals surface area contributed by atoms with Crippen LogP contribution in [0.5, 0.6) is 0 Å². The first-order valence-corrected chi connectivity index (χ1v) is 8.71. The zero-order valence-corrected chi connectivity index (χ0v) is 14.9. The molecule has 0 spiro atoms. The second-order valence-corrected chi connectivity index (χ2v) is 7.06. The van der Waals surface area contributed by atoms with Crippen LogP contribution in [-0.4, -0.2) is 49.7 Å². The second-order valence-electron chi connectivity index (χ2n) is 6.15. The van der Waals surface area contributed by atoms with E-state index in [0.29, 0.717) is 24.1 Å². The largest absolute Gasteiger partial charge is 0.379 e. The van der Waals surface area contributed by atoms with Crippen LogP contribution in [0.25, 0.3) is 0 Å². The van der Waals surface area contributed by atoms with E-state index in [-0.39, 0.29) is 5.91 Å². The summed E-state index contributed by atoms with van der Waals surface area (Å²) in [5, 5.41) is 3.08. The van der Waals surface area contributed by atoms with Crippen molar-refractivity contribution in [2.45, 2.75) is 26.3 Å². The van der Waals surface area contributed by atoms with Crippen molar-refractivity contribution in [2.24, 2.45) is 5.92 Å². The van der Waals surface area contributed by atoms with Crippen molar-refractivity contribution in [3.05, 3.63) is 34.3 Å². The molecule has 0 aliphatic carbocycles. The Bertz CT molecular complexity index is 470. The summed E-state index contributed by atoms with van der Waals surface area (Å²) < 4.78 is 6.41. The van der Waals surface area contributed by atoms with Crippen molar-refractivity contribution in [1.29, 1.82) is 0 Å². The number of nitrogens with one attached hydrogen (secondary N) is 1. The van der Waals surface area contributed by atoms with Gasteiger partial charge >= 0.3 is 0 Å². The van der Waals surface area contributed by atoms with Gasteiger partial charge in [-0.15, -0.1) is 0 Å². The van der Waals surface area contributed by atoms with Gasteiger partial charge in [0.05, 0.1) is 13.2 Å². The Morgan fingerprint density at radius 1 is 1.27 bits per heavy atom. The molecular weight excluding hydrogens is 344 g/mol. The fourth-order valence-electron chi connectivity index (χ4n) is 2.76. The van der Waals surface area contributed by atoms with Crippen LogP contribution in [0.15, 0.2) is 28.7 Å². The van der Waals surface area contributed by atoms with Crippen molar-refractivity contribution in [3.8, 4) is 0 Å². The van der Waals surface area contributed by atoms with E-state index in [9.17, 15) is 4.79 Å². The predicted octanol–water partition coefficient (Wildman–Crippen LogP) is 2.93. The van der Waals surface area contributed by atoms with E-state index in [4.69, 9.17) is 4.74 Å². The summed E-state index contributed by atoms with van der Waals surface area (Å²) in [5.41, 5.74) is 0.702. The molecule has 5 heteroatoms. The fourth-order valence-corrected chi connectivity index (χ4v) is 3.03. The Kier molecular flexibility index (Phi) is 6.86. The summed E-state index contributed by atoms with van der Waals surface area (Å²) in [7, 11) is 0. The number of carbonyl (C=O) groups is 1. The number of halogens is 1. The average Bonchev–Trinajstić information content (AvgIpc) is 2.52. The normalized spacial score (nSPS) is 17.5. The third-order valence-electron chi connectivity index (χ3n) is 3.91. The van der Waals surface area contributed by atoms with E-state index < -0.39 is 0 Å². The van der Waals surface area contributed by atoms with Crippen molar-refractivity contribution in [3.63, 3.8) is 0 Å². The Morgan fingerprint density at radius 3 is 2.50 bits per heavy atom. The molecule has 1 amide bonds. The maximum atomic E-state index is 12.3. The Morgan fingerprint density at radius 2 is 1.91 bits per heavy atom. The predicted molar refractivity (Wildman–Crippen MR) is 92.1 cm³/mol. The van der Waals surface area contributed by atoms with Gasteiger partial charge < -0.3 is 10.1 Å². The molecule has 1 heterocycles. The lowest BCUT2D eigenvalue weighted by Crippen LogP contribution is -2.49. The molecule has 1 N–H and O–H groups in total. The molecule has 1 aliphatic heterocycles. The highest BCUT2D eigenvalue weighted by Crippen LogP contribution is 2.14. The van der Waals surface area contributed by atoms with Crippen molar-refractivity contribution in [1.82, 2.24) is 10.2 Å². The second kappa shape index (κ2) is 8.65. The standard InChI is InChI=1S/C17H25BrN2O2/c1-13(2)11-16(20-7-9-22-10-8-20)12-19-17(21)14-3-5-15(18)6-4-14/h3-6,13,16H,7-12H2,1-2H3,(H,19,21). The summed E-state index contributed by atoms with van der Waals surface area (Å²) in [6, 6.07) is 7.84. The molecule has 4 nitrogen and oxygen atoms in total. The van der Waals surface area contributed by atoms with Gasteiger partial charge in [0.2, 0.25) is 0 Å². The average molecular weight is 369 g/mol. The third-order valence-corrected chi connectivity index (χ3v) is 4.44. The zero-order chi connectivity index (χ0) is 15.9. The molecule has 0 aromatic heterocycles. The summed E-state index contributed by atoms with van der Waals surface area (Å²) in [6.45, 7) is 8.61. The van der Waals surface area contributed by atoms with Gasteiger partial charge in [0, 0.05) is 35.7 Å². The van der Waals surface area contributed by atoms with E-state index in [0.717, 1.165) is 37.2 Å². The molecule has 22 heavy (non-hydrogen) atoms. The molecular formula is C17H25BrN2O2. The minimum atomic E-state index is -0.00508. The molecule has 1 fully saturated rings. The lowest BCUT2D eigenvalue weighted by molar-refractivity contribution is 0.0124. The van der Waals surface area contributed by atoms with Crippen LogP contribution < -0.4 is 5.32 Å². The number of amides is 1. The van der Waals surface area contributed by atoms with Gasteiger partial charge in [0.15, 0.2) is 0 Å². The maximum Gasteiger partial charge on any atom is 0.251 e. The number of benzene rings is 1. The SMILES string of the molecule is CC(C)CC(CNC(=O)c1ccc(Br)cc1)N1CCOCC1. The molecule has 1 aromatic rings. The highest BCUT2D eigenvalue weighted by Gasteiger charge is 2.22. The van der Waals surface area contributed by atoms with Crippen molar-refractivity contribution in [2.75, 3.05) is 32.8 Å². The first-order valence-electron chi connectivity index (χ1n) is 7.92. The molecule has 122 valence electrons. The molecule has 1 unspecified atom stereocenters. The molecule has 2 rings (SSSR count). The van der Waals surface area contributed by atoms with Crippen LogP contribution in [0.3, 0.4) is 0 Å². The topological polar surface area (TPSA) is 41.6 Å². The number of hydrogen-bond acceptors (Lipinski definition) is 3. The highest BCUT2D eigenvalue weighted by molar-refractivity contribution is 9.10. The van der Waals surface area contributed by atoms with Crippen molar-refractivity contribution < 1.29 is 9.53 Å². The summed E-state index contributed by atoms with van der Waals surface area (Å²) >= 11 is 3.39. The molecule has 1 atom stereocenters. The summed E-state index contributed by atoms with van der Waals surface area (Å²) in [5.74, 6) is 0.604. The summed E-state index contributed by atoms with van der Waals surface area (Å²) in [4.78, 5) is 14.7. The molecule has 0 radical (unpaired) electrons. The number of morpholine rings is 1. The van der Waals surface area contributed by atoms with E-state index in [1.54, 1.807) is 0 Å². The number of rotatable bonds is 6. The maximum absolute atomic E-state index is 12.3. The molecule has 1 saturated heterocycles. The van der Waals surface area contributed by atoms with Gasteiger partial charge in [0.1, 0.15) is 0 Å². The van der Waals surface area contributed by atoms with E-state index in [1.807, 2.05) is 24.3 Å². The Labute approximate surface area is 141 Å². The van der Waals surface area contributed by atoms with Crippen LogP contribution >= 0.6 is 15.9 Å². The third kappa shape index (κ3) is 5.38. The van der Waals surface area contributed by atoms with Gasteiger partial charge in [0.25, 0.3) is 5.91 Å². The monoisotopic (exact) mass is 368 g/mol. The smallest absolute Gasteiger partial charge is 0.251 e. The number of ether oxygens (including phenoxy) is 1. The highest BCUT2D eigenvalue weighted by atomic mass is 79.9. The fraction of sp³-hybridized carbons (Fsp3) is 0.588. The van der Waals surface area contributed by atoms with E-state index in [2.05, 4.69) is 40.0 Å². The number of hydrogen-bond donors (Lipinski definition) is 1. The molecule has 0 bridgehead atoms. The van der Waals surface area contributed by atoms with Gasteiger partial charge in [-0.25, -0.2) is 0 Å². The summed E-state index contributed by atoms with van der Waals surface area (Å²) in [6.07, 6.45) is 1.08. The first-order chi connectivity index (χ1) is 10.6. The van der Waals surface area contributed by atoms with Crippen molar-refractivity contribution >= 4 is 21.8 Å². The number of carbonyl (C=O) groups excluding carboxylic acids is 1. The van der Waals surface area contributed by atoms with Gasteiger partial charge in [-0.2, -0.15) is 0 Å². The zero-order valence-electron chi connectivity index (χ0n) is 13.3. The lowest BCUT2D eigenvalue weighted by atomic mass is 10.0. The van der Waals surface area contributed by atoms with Crippen LogP contribution in [0.2, 0.25) is 0 Å². The van der Waals surface area contributed by atoms with Gasteiger partial charge in [-0.1, -0.05) is 29.8 Å².